The normalized spacial score (nSPS) is 12.3. The zero-order chi connectivity index (χ0) is 14.1. The van der Waals surface area contributed by atoms with Gasteiger partial charge in [0.25, 0.3) is 0 Å². The van der Waals surface area contributed by atoms with Crippen molar-refractivity contribution in [1.82, 2.24) is 4.98 Å². The molecule has 0 amide bonds. The van der Waals surface area contributed by atoms with Gasteiger partial charge < -0.3 is 9.84 Å². The Hall–Kier alpha value is -1.42. The number of pyridine rings is 1. The smallest absolute Gasteiger partial charge is 0.337 e. The van der Waals surface area contributed by atoms with E-state index in [0.29, 0.717) is 12.5 Å². The fraction of sp³-hybridized carbons (Fsp3) is 0.600. The number of carboxylic acid groups (broad SMARTS) is 1. The summed E-state index contributed by atoms with van der Waals surface area (Å²) >= 11 is 0. The highest BCUT2D eigenvalue weighted by atomic mass is 16.5. The van der Waals surface area contributed by atoms with Crippen LogP contribution in [0.2, 0.25) is 0 Å². The van der Waals surface area contributed by atoms with Crippen molar-refractivity contribution in [1.29, 1.82) is 0 Å². The van der Waals surface area contributed by atoms with E-state index in [0.717, 1.165) is 18.7 Å². The van der Waals surface area contributed by atoms with Crippen LogP contribution >= 0.6 is 0 Å². The maximum atomic E-state index is 10.7. The minimum atomic E-state index is -0.953. The largest absolute Gasteiger partial charge is 0.478 e. The zero-order valence-electron chi connectivity index (χ0n) is 11.8. The fourth-order valence-electron chi connectivity index (χ4n) is 1.86. The Balaban J connectivity index is 2.33. The van der Waals surface area contributed by atoms with Gasteiger partial charge in [0.1, 0.15) is 0 Å². The van der Waals surface area contributed by atoms with E-state index in [9.17, 15) is 4.79 Å². The maximum absolute atomic E-state index is 10.7. The average molecular weight is 265 g/mol. The number of carbonyl (C=O) groups is 1. The van der Waals surface area contributed by atoms with Crippen LogP contribution in [0.1, 0.15) is 55.6 Å². The van der Waals surface area contributed by atoms with Gasteiger partial charge in [0.2, 0.25) is 0 Å². The molecule has 0 aromatic carbocycles. The number of aromatic carboxylic acids is 1. The van der Waals surface area contributed by atoms with Gasteiger partial charge in [0.15, 0.2) is 0 Å². The Morgan fingerprint density at radius 3 is 2.74 bits per heavy atom. The van der Waals surface area contributed by atoms with Gasteiger partial charge in [0, 0.05) is 12.8 Å². The van der Waals surface area contributed by atoms with Gasteiger partial charge >= 0.3 is 5.97 Å². The number of ether oxygens (including phenoxy) is 1. The standard InChI is InChI=1S/C15H23NO3/c1-3-5-6-12(4-2)10-19-11-14-8-7-13(9-16-14)15(17)18/h7-9,12H,3-6,10-11H2,1-2H3,(H,17,18). The number of hydrogen-bond acceptors (Lipinski definition) is 3. The molecule has 0 aliphatic heterocycles. The summed E-state index contributed by atoms with van der Waals surface area (Å²) in [4.78, 5) is 14.8. The number of rotatable bonds is 9. The Morgan fingerprint density at radius 2 is 2.21 bits per heavy atom. The summed E-state index contributed by atoms with van der Waals surface area (Å²) < 4.78 is 5.66. The first-order chi connectivity index (χ1) is 9.17. The lowest BCUT2D eigenvalue weighted by Crippen LogP contribution is -2.09. The molecule has 0 spiro atoms. The van der Waals surface area contributed by atoms with Crippen molar-refractivity contribution in [3.05, 3.63) is 29.6 Å². The van der Waals surface area contributed by atoms with Crippen molar-refractivity contribution < 1.29 is 14.6 Å². The molecule has 4 nitrogen and oxygen atoms in total. The van der Waals surface area contributed by atoms with Crippen LogP contribution in [0.25, 0.3) is 0 Å². The lowest BCUT2D eigenvalue weighted by molar-refractivity contribution is 0.0694. The third kappa shape index (κ3) is 5.83. The molecular formula is C15H23NO3. The monoisotopic (exact) mass is 265 g/mol. The molecule has 0 aliphatic carbocycles. The lowest BCUT2D eigenvalue weighted by Gasteiger charge is -2.14. The second-order valence-electron chi connectivity index (χ2n) is 4.77. The van der Waals surface area contributed by atoms with Crippen molar-refractivity contribution in [2.45, 2.75) is 46.1 Å². The average Bonchev–Trinajstić information content (AvgIpc) is 2.43. The molecule has 0 fully saturated rings. The highest BCUT2D eigenvalue weighted by molar-refractivity contribution is 5.87. The quantitative estimate of drug-likeness (QED) is 0.742. The molecule has 1 aromatic heterocycles. The first kappa shape index (κ1) is 15.6. The summed E-state index contributed by atoms with van der Waals surface area (Å²) in [6.07, 6.45) is 6.17. The second kappa shape index (κ2) is 8.64. The van der Waals surface area contributed by atoms with Gasteiger partial charge in [-0.25, -0.2) is 4.79 Å². The van der Waals surface area contributed by atoms with Gasteiger partial charge in [0.05, 0.1) is 17.9 Å². The predicted octanol–water partition coefficient (Wildman–Crippen LogP) is 3.51. The van der Waals surface area contributed by atoms with E-state index >= 15 is 0 Å². The molecule has 1 N–H and O–H groups in total. The summed E-state index contributed by atoms with van der Waals surface area (Å²) in [7, 11) is 0. The van der Waals surface area contributed by atoms with Crippen molar-refractivity contribution in [3.8, 4) is 0 Å². The van der Waals surface area contributed by atoms with E-state index in [1.807, 2.05) is 0 Å². The van der Waals surface area contributed by atoms with Crippen LogP contribution in [-0.2, 0) is 11.3 Å². The molecule has 0 radical (unpaired) electrons. The fourth-order valence-corrected chi connectivity index (χ4v) is 1.86. The summed E-state index contributed by atoms with van der Waals surface area (Å²) in [5, 5.41) is 8.77. The van der Waals surface area contributed by atoms with Crippen molar-refractivity contribution in [3.63, 3.8) is 0 Å². The molecule has 106 valence electrons. The van der Waals surface area contributed by atoms with Crippen molar-refractivity contribution in [2.24, 2.45) is 5.92 Å². The molecule has 0 bridgehead atoms. The van der Waals surface area contributed by atoms with Crippen LogP contribution in [0.15, 0.2) is 18.3 Å². The number of carboxylic acids is 1. The summed E-state index contributed by atoms with van der Waals surface area (Å²) in [6, 6.07) is 3.26. The molecule has 0 aliphatic rings. The SMILES string of the molecule is CCCCC(CC)COCc1ccc(C(=O)O)cn1. The van der Waals surface area contributed by atoms with E-state index in [1.54, 1.807) is 12.1 Å². The number of nitrogens with zero attached hydrogens (tertiary/aromatic N) is 1. The molecular weight excluding hydrogens is 242 g/mol. The van der Waals surface area contributed by atoms with Crippen LogP contribution in [0.5, 0.6) is 0 Å². The topological polar surface area (TPSA) is 59.4 Å². The molecule has 1 unspecified atom stereocenters. The van der Waals surface area contributed by atoms with Crippen LogP contribution in [0.4, 0.5) is 0 Å². The molecule has 4 heteroatoms. The molecule has 1 heterocycles. The van der Waals surface area contributed by atoms with Crippen LogP contribution in [0.3, 0.4) is 0 Å². The first-order valence-corrected chi connectivity index (χ1v) is 6.93. The Kier molecular flexibility index (Phi) is 7.11. The van der Waals surface area contributed by atoms with Crippen molar-refractivity contribution in [2.75, 3.05) is 6.61 Å². The first-order valence-electron chi connectivity index (χ1n) is 6.93. The van der Waals surface area contributed by atoms with E-state index in [1.165, 1.54) is 25.5 Å². The molecule has 1 aromatic rings. The molecule has 1 rings (SSSR count). The Morgan fingerprint density at radius 1 is 1.42 bits per heavy atom. The van der Waals surface area contributed by atoms with Gasteiger partial charge in [-0.2, -0.15) is 0 Å². The van der Waals surface area contributed by atoms with E-state index in [4.69, 9.17) is 9.84 Å². The summed E-state index contributed by atoms with van der Waals surface area (Å²) in [5.41, 5.74) is 0.980. The number of aromatic nitrogens is 1. The van der Waals surface area contributed by atoms with Gasteiger partial charge in [-0.15, -0.1) is 0 Å². The molecule has 0 saturated carbocycles. The maximum Gasteiger partial charge on any atom is 0.337 e. The van der Waals surface area contributed by atoms with E-state index < -0.39 is 5.97 Å². The Labute approximate surface area is 114 Å². The third-order valence-corrected chi connectivity index (χ3v) is 3.22. The summed E-state index contributed by atoms with van der Waals surface area (Å²) in [6.45, 7) is 5.58. The highest BCUT2D eigenvalue weighted by Gasteiger charge is 2.07. The molecule has 0 saturated heterocycles. The van der Waals surface area contributed by atoms with Gasteiger partial charge in [-0.05, 0) is 24.5 Å². The van der Waals surface area contributed by atoms with Gasteiger partial charge in [-0.3, -0.25) is 4.98 Å². The van der Waals surface area contributed by atoms with Crippen molar-refractivity contribution >= 4 is 5.97 Å². The Bertz CT molecular complexity index is 375. The predicted molar refractivity (Wildman–Crippen MR) is 74.2 cm³/mol. The number of hydrogen-bond donors (Lipinski definition) is 1. The molecule has 19 heavy (non-hydrogen) atoms. The van der Waals surface area contributed by atoms with E-state index in [-0.39, 0.29) is 5.56 Å². The van der Waals surface area contributed by atoms with Gasteiger partial charge in [-0.1, -0.05) is 33.1 Å². The van der Waals surface area contributed by atoms with Crippen LogP contribution in [-0.4, -0.2) is 22.7 Å². The third-order valence-electron chi connectivity index (χ3n) is 3.22. The summed E-state index contributed by atoms with van der Waals surface area (Å²) in [5.74, 6) is -0.344. The minimum absolute atomic E-state index is 0.207. The molecule has 1 atom stereocenters. The number of unbranched alkanes of at least 4 members (excludes halogenated alkanes) is 1. The van der Waals surface area contributed by atoms with Crippen LogP contribution < -0.4 is 0 Å². The zero-order valence-corrected chi connectivity index (χ0v) is 11.8. The lowest BCUT2D eigenvalue weighted by atomic mass is 10.0. The van der Waals surface area contributed by atoms with Crippen LogP contribution in [0, 0.1) is 5.92 Å². The highest BCUT2D eigenvalue weighted by Crippen LogP contribution is 2.13. The van der Waals surface area contributed by atoms with E-state index in [2.05, 4.69) is 18.8 Å². The minimum Gasteiger partial charge on any atom is -0.478 e. The second-order valence-corrected chi connectivity index (χ2v) is 4.77.